The van der Waals surface area contributed by atoms with E-state index in [0.717, 1.165) is 0 Å². The SMILES string of the molecule is COC(=O)C(C)(C)n1cnc(NC(=O)C(C)NC(=O)OC(C)(C)C)c1. The number of methoxy groups -OCH3 is 1. The molecule has 0 spiro atoms. The van der Waals surface area contributed by atoms with Crippen LogP contribution in [-0.4, -0.2) is 46.3 Å². The summed E-state index contributed by atoms with van der Waals surface area (Å²) < 4.78 is 11.4. The summed E-state index contributed by atoms with van der Waals surface area (Å²) in [6, 6.07) is -0.825. The molecule has 1 aromatic heterocycles. The number of imidazole rings is 1. The number of hydrogen-bond acceptors (Lipinski definition) is 6. The van der Waals surface area contributed by atoms with Crippen LogP contribution in [-0.2, 0) is 24.6 Å². The number of alkyl carbamates (subject to hydrolysis) is 1. The largest absolute Gasteiger partial charge is 0.467 e. The molecule has 1 rings (SSSR count). The zero-order valence-corrected chi connectivity index (χ0v) is 15.7. The molecule has 0 aromatic carbocycles. The van der Waals surface area contributed by atoms with Crippen LogP contribution in [0.1, 0.15) is 41.5 Å². The predicted octanol–water partition coefficient (Wildman–Crippen LogP) is 1.64. The van der Waals surface area contributed by atoms with Crippen LogP contribution in [0.3, 0.4) is 0 Å². The van der Waals surface area contributed by atoms with Gasteiger partial charge in [0.05, 0.1) is 13.4 Å². The molecule has 0 aliphatic carbocycles. The molecular weight excluding hydrogens is 328 g/mol. The first kappa shape index (κ1) is 20.5. The van der Waals surface area contributed by atoms with E-state index in [2.05, 4.69) is 15.6 Å². The van der Waals surface area contributed by atoms with Crippen LogP contribution in [0.4, 0.5) is 10.6 Å². The van der Waals surface area contributed by atoms with Gasteiger partial charge >= 0.3 is 12.1 Å². The van der Waals surface area contributed by atoms with E-state index >= 15 is 0 Å². The van der Waals surface area contributed by atoms with Gasteiger partial charge in [-0.25, -0.2) is 14.6 Å². The second-order valence-corrected chi connectivity index (χ2v) is 7.07. The minimum Gasteiger partial charge on any atom is -0.467 e. The maximum atomic E-state index is 12.1. The molecule has 25 heavy (non-hydrogen) atoms. The van der Waals surface area contributed by atoms with E-state index in [1.165, 1.54) is 31.1 Å². The van der Waals surface area contributed by atoms with Crippen LogP contribution in [0.5, 0.6) is 0 Å². The van der Waals surface area contributed by atoms with Crippen LogP contribution in [0.2, 0.25) is 0 Å². The van der Waals surface area contributed by atoms with Crippen molar-refractivity contribution in [1.82, 2.24) is 14.9 Å². The topological polar surface area (TPSA) is 112 Å². The Morgan fingerprint density at radius 3 is 2.32 bits per heavy atom. The van der Waals surface area contributed by atoms with Crippen molar-refractivity contribution in [3.63, 3.8) is 0 Å². The van der Waals surface area contributed by atoms with Crippen LogP contribution in [0.15, 0.2) is 12.5 Å². The number of anilines is 1. The highest BCUT2D eigenvalue weighted by Crippen LogP contribution is 2.19. The van der Waals surface area contributed by atoms with E-state index in [-0.39, 0.29) is 5.82 Å². The molecule has 9 nitrogen and oxygen atoms in total. The summed E-state index contributed by atoms with van der Waals surface area (Å²) in [6.07, 6.45) is 2.24. The monoisotopic (exact) mass is 354 g/mol. The molecule has 0 aliphatic heterocycles. The molecule has 0 saturated heterocycles. The van der Waals surface area contributed by atoms with Crippen molar-refractivity contribution in [2.75, 3.05) is 12.4 Å². The summed E-state index contributed by atoms with van der Waals surface area (Å²) in [5.41, 5.74) is -1.62. The van der Waals surface area contributed by atoms with E-state index in [0.29, 0.717) is 0 Å². The van der Waals surface area contributed by atoms with Crippen molar-refractivity contribution in [3.8, 4) is 0 Å². The molecule has 1 heterocycles. The van der Waals surface area contributed by atoms with Gasteiger partial charge in [-0.1, -0.05) is 0 Å². The van der Waals surface area contributed by atoms with Crippen molar-refractivity contribution in [3.05, 3.63) is 12.5 Å². The highest BCUT2D eigenvalue weighted by atomic mass is 16.6. The third-order valence-electron chi connectivity index (χ3n) is 3.29. The average Bonchev–Trinajstić information content (AvgIpc) is 2.93. The molecule has 1 atom stereocenters. The fourth-order valence-electron chi connectivity index (χ4n) is 1.83. The number of aromatic nitrogens is 2. The maximum absolute atomic E-state index is 12.1. The molecule has 9 heteroatoms. The number of nitrogens with one attached hydrogen (secondary N) is 2. The Balaban J connectivity index is 2.69. The van der Waals surface area contributed by atoms with E-state index in [1.54, 1.807) is 34.6 Å². The van der Waals surface area contributed by atoms with Gasteiger partial charge in [-0.15, -0.1) is 0 Å². The van der Waals surface area contributed by atoms with Gasteiger partial charge in [0, 0.05) is 6.20 Å². The van der Waals surface area contributed by atoms with Crippen molar-refractivity contribution in [1.29, 1.82) is 0 Å². The summed E-state index contributed by atoms with van der Waals surface area (Å²) in [5, 5.41) is 5.00. The number of esters is 1. The second-order valence-electron chi connectivity index (χ2n) is 7.07. The Kier molecular flexibility index (Phi) is 6.17. The predicted molar refractivity (Wildman–Crippen MR) is 91.0 cm³/mol. The third kappa shape index (κ3) is 5.77. The Hall–Kier alpha value is -2.58. The van der Waals surface area contributed by atoms with E-state index in [9.17, 15) is 14.4 Å². The van der Waals surface area contributed by atoms with Crippen LogP contribution < -0.4 is 10.6 Å². The molecule has 0 bridgehead atoms. The summed E-state index contributed by atoms with van der Waals surface area (Å²) in [7, 11) is 1.30. The number of nitrogens with zero attached hydrogens (tertiary/aromatic N) is 2. The Bertz CT molecular complexity index is 645. The highest BCUT2D eigenvalue weighted by Gasteiger charge is 2.31. The molecule has 1 unspecified atom stereocenters. The van der Waals surface area contributed by atoms with Gasteiger partial charge in [0.15, 0.2) is 5.82 Å². The minimum atomic E-state index is -0.967. The number of carbonyl (C=O) groups is 3. The number of hydrogen-bond donors (Lipinski definition) is 2. The van der Waals surface area contributed by atoms with Gasteiger partial charge in [0.2, 0.25) is 5.91 Å². The summed E-state index contributed by atoms with van der Waals surface area (Å²) in [6.45, 7) is 10.0. The standard InChI is InChI=1S/C16H26N4O5/c1-10(18-14(23)25-15(2,3)4)12(21)19-11-8-20(9-17-11)16(5,6)13(22)24-7/h8-10H,1-7H3,(H,18,23)(H,19,21). The lowest BCUT2D eigenvalue weighted by molar-refractivity contribution is -0.149. The lowest BCUT2D eigenvalue weighted by atomic mass is 10.1. The lowest BCUT2D eigenvalue weighted by Crippen LogP contribution is -2.44. The number of ether oxygens (including phenoxy) is 2. The number of carbonyl (C=O) groups excluding carboxylic acids is 3. The van der Waals surface area contributed by atoms with Crippen molar-refractivity contribution >= 4 is 23.8 Å². The van der Waals surface area contributed by atoms with Gasteiger partial charge in [-0.2, -0.15) is 0 Å². The highest BCUT2D eigenvalue weighted by molar-refractivity contribution is 5.95. The van der Waals surface area contributed by atoms with Gasteiger partial charge in [-0.05, 0) is 41.5 Å². The molecule has 1 aromatic rings. The smallest absolute Gasteiger partial charge is 0.408 e. The van der Waals surface area contributed by atoms with Crippen LogP contribution in [0, 0.1) is 0 Å². The Morgan fingerprint density at radius 1 is 1.20 bits per heavy atom. The average molecular weight is 354 g/mol. The summed E-state index contributed by atoms with van der Waals surface area (Å²) >= 11 is 0. The molecule has 0 radical (unpaired) electrons. The molecule has 2 amide bonds. The molecule has 140 valence electrons. The first-order valence-electron chi connectivity index (χ1n) is 7.80. The lowest BCUT2D eigenvalue weighted by Gasteiger charge is -2.22. The number of rotatable bonds is 5. The second kappa shape index (κ2) is 7.54. The molecule has 2 N–H and O–H groups in total. The molecular formula is C16H26N4O5. The van der Waals surface area contributed by atoms with E-state index in [4.69, 9.17) is 9.47 Å². The third-order valence-corrected chi connectivity index (χ3v) is 3.29. The van der Waals surface area contributed by atoms with Crippen molar-refractivity contribution < 1.29 is 23.9 Å². The zero-order chi connectivity index (χ0) is 19.4. The first-order chi connectivity index (χ1) is 11.4. The van der Waals surface area contributed by atoms with Crippen molar-refractivity contribution in [2.45, 2.75) is 58.7 Å². The fraction of sp³-hybridized carbons (Fsp3) is 0.625. The minimum absolute atomic E-state index is 0.250. The maximum Gasteiger partial charge on any atom is 0.408 e. The summed E-state index contributed by atoms with van der Waals surface area (Å²) in [4.78, 5) is 39.7. The fourth-order valence-corrected chi connectivity index (χ4v) is 1.83. The van der Waals surface area contributed by atoms with Gasteiger partial charge in [0.25, 0.3) is 0 Å². The quantitative estimate of drug-likeness (QED) is 0.778. The van der Waals surface area contributed by atoms with Gasteiger partial charge in [-0.3, -0.25) is 4.79 Å². The molecule has 0 aliphatic rings. The number of amides is 2. The van der Waals surface area contributed by atoms with Crippen LogP contribution >= 0.6 is 0 Å². The first-order valence-corrected chi connectivity index (χ1v) is 7.80. The zero-order valence-electron chi connectivity index (χ0n) is 15.7. The van der Waals surface area contributed by atoms with Gasteiger partial charge < -0.3 is 24.7 Å². The Labute approximate surface area is 147 Å². The normalized spacial score (nSPS) is 12.9. The molecule has 0 fully saturated rings. The summed E-state index contributed by atoms with van der Waals surface area (Å²) in [5.74, 6) is -0.658. The van der Waals surface area contributed by atoms with Crippen molar-refractivity contribution in [2.24, 2.45) is 0 Å². The Morgan fingerprint density at radius 2 is 1.80 bits per heavy atom. The van der Waals surface area contributed by atoms with E-state index in [1.807, 2.05) is 0 Å². The van der Waals surface area contributed by atoms with E-state index < -0.39 is 35.2 Å². The van der Waals surface area contributed by atoms with Crippen LogP contribution in [0.25, 0.3) is 0 Å². The van der Waals surface area contributed by atoms with Gasteiger partial charge in [0.1, 0.15) is 17.2 Å². The molecule has 0 saturated carbocycles.